The Morgan fingerprint density at radius 3 is 2.48 bits per heavy atom. The number of benzene rings is 2. The summed E-state index contributed by atoms with van der Waals surface area (Å²) in [5.74, 6) is -2.91. The van der Waals surface area contributed by atoms with Gasteiger partial charge in [0.25, 0.3) is 5.91 Å². The zero-order chi connectivity index (χ0) is 21.1. The number of nitrogens with zero attached hydrogens (tertiary/aromatic N) is 1. The highest BCUT2D eigenvalue weighted by atomic mass is 35.5. The summed E-state index contributed by atoms with van der Waals surface area (Å²) in [7, 11) is 0. The van der Waals surface area contributed by atoms with Gasteiger partial charge in [-0.05, 0) is 48.7 Å². The standard InChI is InChI=1S/C20H18Cl2F2N2O3/c21-13-6-12(7-14(22)9-13)20(29)26-5-1-2-17(26)19(28)25-10-18(27)11-3-4-15(23)16(24)8-11/h3-4,6-9,17-18,27H,1-2,5,10H2,(H,25,28). The molecule has 0 saturated carbocycles. The second-order valence-corrected chi connectivity index (χ2v) is 7.62. The molecule has 2 amide bonds. The lowest BCUT2D eigenvalue weighted by atomic mass is 10.1. The molecular weight excluding hydrogens is 425 g/mol. The molecule has 9 heteroatoms. The van der Waals surface area contributed by atoms with Crippen LogP contribution in [0.3, 0.4) is 0 Å². The van der Waals surface area contributed by atoms with Crippen LogP contribution in [-0.2, 0) is 4.79 Å². The summed E-state index contributed by atoms with van der Waals surface area (Å²) in [6, 6.07) is 6.78. The highest BCUT2D eigenvalue weighted by Gasteiger charge is 2.34. The predicted octanol–water partition coefficient (Wildman–Crippen LogP) is 3.73. The molecule has 0 radical (unpaired) electrons. The minimum Gasteiger partial charge on any atom is -0.387 e. The van der Waals surface area contributed by atoms with Crippen LogP contribution in [0, 0.1) is 11.6 Å². The molecule has 2 unspecified atom stereocenters. The van der Waals surface area contributed by atoms with Gasteiger partial charge in [-0.15, -0.1) is 0 Å². The second kappa shape index (κ2) is 9.07. The van der Waals surface area contributed by atoms with E-state index in [0.717, 1.165) is 12.1 Å². The lowest BCUT2D eigenvalue weighted by molar-refractivity contribution is -0.125. The van der Waals surface area contributed by atoms with Crippen molar-refractivity contribution < 1.29 is 23.5 Å². The molecule has 2 N–H and O–H groups in total. The molecule has 1 heterocycles. The van der Waals surface area contributed by atoms with E-state index in [1.54, 1.807) is 0 Å². The van der Waals surface area contributed by atoms with Gasteiger partial charge in [0, 0.05) is 28.7 Å². The van der Waals surface area contributed by atoms with Crippen molar-refractivity contribution in [1.29, 1.82) is 0 Å². The average Bonchev–Trinajstić information content (AvgIpc) is 3.16. The Balaban J connectivity index is 1.65. The number of hydrogen-bond acceptors (Lipinski definition) is 3. The predicted molar refractivity (Wildman–Crippen MR) is 105 cm³/mol. The number of amides is 2. The van der Waals surface area contributed by atoms with E-state index in [9.17, 15) is 23.5 Å². The fourth-order valence-corrected chi connectivity index (χ4v) is 3.80. The number of rotatable bonds is 5. The zero-order valence-corrected chi connectivity index (χ0v) is 16.7. The molecule has 0 aliphatic carbocycles. The third kappa shape index (κ3) is 5.04. The Hall–Kier alpha value is -2.22. The minimum atomic E-state index is -1.22. The fourth-order valence-electron chi connectivity index (χ4n) is 3.28. The third-order valence-corrected chi connectivity index (χ3v) is 5.16. The number of nitrogens with one attached hydrogen (secondary N) is 1. The molecule has 0 aromatic heterocycles. The van der Waals surface area contributed by atoms with Crippen LogP contribution >= 0.6 is 23.2 Å². The van der Waals surface area contributed by atoms with Gasteiger partial charge in [0.05, 0.1) is 6.10 Å². The minimum absolute atomic E-state index is 0.136. The summed E-state index contributed by atoms with van der Waals surface area (Å²) in [6.45, 7) is 0.193. The van der Waals surface area contributed by atoms with Crippen molar-refractivity contribution in [1.82, 2.24) is 10.2 Å². The number of aliphatic hydroxyl groups excluding tert-OH is 1. The monoisotopic (exact) mass is 442 g/mol. The normalized spacial score (nSPS) is 17.3. The van der Waals surface area contributed by atoms with Crippen molar-refractivity contribution in [2.45, 2.75) is 25.0 Å². The first-order valence-electron chi connectivity index (χ1n) is 8.94. The molecule has 0 spiro atoms. The average molecular weight is 443 g/mol. The van der Waals surface area contributed by atoms with Crippen molar-refractivity contribution in [2.24, 2.45) is 0 Å². The summed E-state index contributed by atoms with van der Waals surface area (Å²) in [6.07, 6.45) is -0.108. The summed E-state index contributed by atoms with van der Waals surface area (Å²) >= 11 is 11.9. The quantitative estimate of drug-likeness (QED) is 0.740. The number of likely N-dealkylation sites (tertiary alicyclic amines) is 1. The van der Waals surface area contributed by atoms with E-state index in [4.69, 9.17) is 23.2 Å². The zero-order valence-electron chi connectivity index (χ0n) is 15.2. The first-order chi connectivity index (χ1) is 13.8. The molecule has 2 aromatic rings. The van der Waals surface area contributed by atoms with Gasteiger partial charge in [-0.25, -0.2) is 8.78 Å². The molecule has 2 atom stereocenters. The summed E-state index contributed by atoms with van der Waals surface area (Å²) in [5.41, 5.74) is 0.418. The van der Waals surface area contributed by atoms with E-state index in [0.29, 0.717) is 29.4 Å². The Morgan fingerprint density at radius 2 is 1.83 bits per heavy atom. The van der Waals surface area contributed by atoms with Gasteiger partial charge in [0.1, 0.15) is 6.04 Å². The molecule has 1 aliphatic heterocycles. The maximum Gasteiger partial charge on any atom is 0.254 e. The van der Waals surface area contributed by atoms with Crippen molar-refractivity contribution in [2.75, 3.05) is 13.1 Å². The fraction of sp³-hybridized carbons (Fsp3) is 0.300. The van der Waals surface area contributed by atoms with Gasteiger partial charge in [-0.2, -0.15) is 0 Å². The highest BCUT2D eigenvalue weighted by molar-refractivity contribution is 6.35. The van der Waals surface area contributed by atoms with Crippen LogP contribution in [0.1, 0.15) is 34.9 Å². The van der Waals surface area contributed by atoms with Crippen LogP contribution in [0.5, 0.6) is 0 Å². The maximum atomic E-state index is 13.3. The highest BCUT2D eigenvalue weighted by Crippen LogP contribution is 2.25. The number of aliphatic hydroxyl groups is 1. The molecule has 154 valence electrons. The number of halogens is 4. The van der Waals surface area contributed by atoms with Gasteiger partial charge in [-0.3, -0.25) is 9.59 Å². The number of carbonyl (C=O) groups is 2. The van der Waals surface area contributed by atoms with Crippen LogP contribution < -0.4 is 5.32 Å². The lowest BCUT2D eigenvalue weighted by Gasteiger charge is -2.25. The summed E-state index contributed by atoms with van der Waals surface area (Å²) < 4.78 is 26.3. The van der Waals surface area contributed by atoms with Crippen molar-refractivity contribution in [3.05, 3.63) is 69.2 Å². The van der Waals surface area contributed by atoms with E-state index in [-0.39, 0.29) is 23.6 Å². The molecular formula is C20H18Cl2F2N2O3. The number of hydrogen-bond donors (Lipinski definition) is 2. The third-order valence-electron chi connectivity index (χ3n) is 4.72. The SMILES string of the molecule is O=C(NCC(O)c1ccc(F)c(F)c1)C1CCCN1C(=O)c1cc(Cl)cc(Cl)c1. The van der Waals surface area contributed by atoms with Crippen LogP contribution in [0.25, 0.3) is 0 Å². The lowest BCUT2D eigenvalue weighted by Crippen LogP contribution is -2.46. The maximum absolute atomic E-state index is 13.3. The van der Waals surface area contributed by atoms with Crippen molar-refractivity contribution >= 4 is 35.0 Å². The van der Waals surface area contributed by atoms with E-state index in [1.165, 1.54) is 29.2 Å². The van der Waals surface area contributed by atoms with Crippen LogP contribution in [0.15, 0.2) is 36.4 Å². The van der Waals surface area contributed by atoms with Crippen molar-refractivity contribution in [3.63, 3.8) is 0 Å². The molecule has 1 saturated heterocycles. The van der Waals surface area contributed by atoms with E-state index in [2.05, 4.69) is 5.32 Å². The summed E-state index contributed by atoms with van der Waals surface area (Å²) in [5, 5.41) is 13.3. The molecule has 3 rings (SSSR count). The van der Waals surface area contributed by atoms with Crippen molar-refractivity contribution in [3.8, 4) is 0 Å². The Bertz CT molecular complexity index is 922. The Morgan fingerprint density at radius 1 is 1.14 bits per heavy atom. The largest absolute Gasteiger partial charge is 0.387 e. The number of carbonyl (C=O) groups excluding carboxylic acids is 2. The van der Waals surface area contributed by atoms with Gasteiger partial charge >= 0.3 is 0 Å². The first kappa shape index (κ1) is 21.5. The first-order valence-corrected chi connectivity index (χ1v) is 9.69. The molecule has 1 fully saturated rings. The van der Waals surface area contributed by atoms with Crippen LogP contribution in [0.4, 0.5) is 8.78 Å². The molecule has 29 heavy (non-hydrogen) atoms. The van der Waals surface area contributed by atoms with E-state index < -0.39 is 29.7 Å². The second-order valence-electron chi connectivity index (χ2n) is 6.75. The van der Waals surface area contributed by atoms with Gasteiger partial charge in [0.2, 0.25) is 5.91 Å². The molecule has 0 bridgehead atoms. The van der Waals surface area contributed by atoms with Gasteiger partial charge < -0.3 is 15.3 Å². The van der Waals surface area contributed by atoms with Crippen LogP contribution in [-0.4, -0.2) is 41.0 Å². The molecule has 2 aromatic carbocycles. The Labute approximate surface area is 176 Å². The van der Waals surface area contributed by atoms with E-state index in [1.807, 2.05) is 0 Å². The smallest absolute Gasteiger partial charge is 0.254 e. The topological polar surface area (TPSA) is 69.6 Å². The Kier molecular flexibility index (Phi) is 6.72. The molecule has 5 nitrogen and oxygen atoms in total. The van der Waals surface area contributed by atoms with E-state index >= 15 is 0 Å². The molecule has 1 aliphatic rings. The van der Waals surface area contributed by atoms with Gasteiger partial charge in [0.15, 0.2) is 11.6 Å². The summed E-state index contributed by atoms with van der Waals surface area (Å²) in [4.78, 5) is 26.8. The van der Waals surface area contributed by atoms with Gasteiger partial charge in [-0.1, -0.05) is 29.3 Å². The van der Waals surface area contributed by atoms with Crippen LogP contribution in [0.2, 0.25) is 10.0 Å².